The van der Waals surface area contributed by atoms with Gasteiger partial charge < -0.3 is 15.8 Å². The summed E-state index contributed by atoms with van der Waals surface area (Å²) in [5.41, 5.74) is 7.18. The van der Waals surface area contributed by atoms with Crippen LogP contribution in [0.15, 0.2) is 12.1 Å². The van der Waals surface area contributed by atoms with Crippen LogP contribution in [0, 0.1) is 0 Å². The number of nitrogens with one attached hydrogen (secondary N) is 1. The van der Waals surface area contributed by atoms with E-state index in [4.69, 9.17) is 33.7 Å². The minimum atomic E-state index is 0.000336. The van der Waals surface area contributed by atoms with Crippen LogP contribution >= 0.6 is 23.2 Å². The Morgan fingerprint density at radius 3 is 2.56 bits per heavy atom. The number of rotatable bonds is 3. The Morgan fingerprint density at radius 1 is 1.44 bits per heavy atom. The largest absolute Gasteiger partial charge is 0.396 e. The van der Waals surface area contributed by atoms with E-state index < -0.39 is 0 Å². The molecule has 0 spiro atoms. The van der Waals surface area contributed by atoms with E-state index in [-0.39, 0.29) is 11.6 Å². The van der Waals surface area contributed by atoms with Gasteiger partial charge in [-0.15, -0.1) is 0 Å². The van der Waals surface area contributed by atoms with Crippen molar-refractivity contribution in [3.63, 3.8) is 0 Å². The van der Waals surface area contributed by atoms with Crippen LogP contribution in [0.2, 0.25) is 10.0 Å². The molecule has 3 nitrogen and oxygen atoms in total. The summed E-state index contributed by atoms with van der Waals surface area (Å²) in [6.07, 6.45) is 1.21. The first-order valence-electron chi connectivity index (χ1n) is 6.02. The monoisotopic (exact) mass is 288 g/mol. The summed E-state index contributed by atoms with van der Waals surface area (Å²) in [7, 11) is 0. The summed E-state index contributed by atoms with van der Waals surface area (Å²) < 4.78 is 5.59. The van der Waals surface area contributed by atoms with Crippen LogP contribution < -0.4 is 11.1 Å². The average molecular weight is 289 g/mol. The molecule has 0 aromatic heterocycles. The van der Waals surface area contributed by atoms with Crippen molar-refractivity contribution in [2.45, 2.75) is 38.5 Å². The van der Waals surface area contributed by atoms with Gasteiger partial charge in [-0.05, 0) is 38.0 Å². The van der Waals surface area contributed by atoms with E-state index in [1.165, 1.54) is 0 Å². The van der Waals surface area contributed by atoms with E-state index >= 15 is 0 Å². The maximum absolute atomic E-state index is 6.02. The van der Waals surface area contributed by atoms with E-state index in [0.717, 1.165) is 18.6 Å². The van der Waals surface area contributed by atoms with Gasteiger partial charge in [0.2, 0.25) is 0 Å². The zero-order valence-corrected chi connectivity index (χ0v) is 12.1. The van der Waals surface area contributed by atoms with Crippen LogP contribution in [0.25, 0.3) is 0 Å². The molecular formula is C13H18Cl2N2O. The molecule has 1 aliphatic heterocycles. The molecule has 0 bridgehead atoms. The number of nitrogen functional groups attached to an aromatic ring is 1. The molecule has 1 saturated heterocycles. The van der Waals surface area contributed by atoms with Crippen molar-refractivity contribution in [3.05, 3.63) is 27.7 Å². The molecule has 1 aliphatic rings. The van der Waals surface area contributed by atoms with E-state index in [2.05, 4.69) is 19.2 Å². The highest BCUT2D eigenvalue weighted by molar-refractivity contribution is 6.38. The van der Waals surface area contributed by atoms with Gasteiger partial charge in [0, 0.05) is 18.7 Å². The summed E-state index contributed by atoms with van der Waals surface area (Å²) >= 11 is 12.0. The third-order valence-corrected chi connectivity index (χ3v) is 4.35. The van der Waals surface area contributed by atoms with Crippen LogP contribution in [0.3, 0.4) is 0 Å². The van der Waals surface area contributed by atoms with Crippen molar-refractivity contribution in [1.82, 2.24) is 5.32 Å². The zero-order valence-electron chi connectivity index (χ0n) is 10.6. The van der Waals surface area contributed by atoms with Gasteiger partial charge in [-0.25, -0.2) is 0 Å². The third kappa shape index (κ3) is 2.75. The second-order valence-corrected chi connectivity index (χ2v) is 5.82. The number of hydrogen-bond acceptors (Lipinski definition) is 3. The predicted molar refractivity (Wildman–Crippen MR) is 76.2 cm³/mol. The Balaban J connectivity index is 2.07. The van der Waals surface area contributed by atoms with E-state index in [0.29, 0.717) is 22.3 Å². The lowest BCUT2D eigenvalue weighted by Gasteiger charge is -2.29. The number of anilines is 1. The topological polar surface area (TPSA) is 47.3 Å². The van der Waals surface area contributed by atoms with Crippen molar-refractivity contribution < 1.29 is 4.74 Å². The first-order chi connectivity index (χ1) is 8.42. The van der Waals surface area contributed by atoms with Crippen LogP contribution in [-0.2, 0) is 11.3 Å². The average Bonchev–Trinajstić information content (AvgIpc) is 2.64. The lowest BCUT2D eigenvalue weighted by Crippen LogP contribution is -2.47. The molecule has 0 saturated carbocycles. The third-order valence-electron chi connectivity index (χ3n) is 3.72. The molecule has 100 valence electrons. The Morgan fingerprint density at radius 2 is 2.06 bits per heavy atom. The van der Waals surface area contributed by atoms with Crippen molar-refractivity contribution in [3.8, 4) is 0 Å². The number of ether oxygens (including phenoxy) is 1. The van der Waals surface area contributed by atoms with Crippen LogP contribution in [-0.4, -0.2) is 18.2 Å². The van der Waals surface area contributed by atoms with Gasteiger partial charge in [-0.1, -0.05) is 23.2 Å². The molecule has 2 atom stereocenters. The molecule has 5 heteroatoms. The van der Waals surface area contributed by atoms with Crippen LogP contribution in [0.1, 0.15) is 25.8 Å². The number of hydrogen-bond donors (Lipinski definition) is 2. The molecule has 0 aliphatic carbocycles. The van der Waals surface area contributed by atoms with Crippen molar-refractivity contribution in [1.29, 1.82) is 0 Å². The first kappa shape index (κ1) is 13.9. The maximum Gasteiger partial charge on any atom is 0.0726 e. The predicted octanol–water partition coefficient (Wildman–Crippen LogP) is 3.23. The Bertz CT molecular complexity index is 430. The minimum Gasteiger partial charge on any atom is -0.396 e. The standard InChI is InChI=1S/C13H18Cl2N2O/c1-8-13(2,3-4-18-8)17-7-9-5-10(14)12(16)11(15)6-9/h5-6,8,17H,3-4,7,16H2,1-2H3. The van der Waals surface area contributed by atoms with Gasteiger partial charge >= 0.3 is 0 Å². The minimum absolute atomic E-state index is 0.000336. The Hall–Kier alpha value is -0.480. The van der Waals surface area contributed by atoms with Crippen molar-refractivity contribution in [2.24, 2.45) is 0 Å². The van der Waals surface area contributed by atoms with Gasteiger partial charge in [-0.2, -0.15) is 0 Å². The van der Waals surface area contributed by atoms with Crippen LogP contribution in [0.5, 0.6) is 0 Å². The summed E-state index contributed by atoms with van der Waals surface area (Å²) in [6, 6.07) is 3.69. The molecule has 3 N–H and O–H groups in total. The molecule has 0 radical (unpaired) electrons. The fraction of sp³-hybridized carbons (Fsp3) is 0.538. The summed E-state index contributed by atoms with van der Waals surface area (Å²) in [5, 5.41) is 4.52. The Labute approximate surface area is 118 Å². The fourth-order valence-electron chi connectivity index (χ4n) is 2.11. The zero-order chi connectivity index (χ0) is 13.3. The maximum atomic E-state index is 6.02. The van der Waals surface area contributed by atoms with Crippen molar-refractivity contribution in [2.75, 3.05) is 12.3 Å². The van der Waals surface area contributed by atoms with E-state index in [1.54, 1.807) is 0 Å². The summed E-state index contributed by atoms with van der Waals surface area (Å²) in [5.74, 6) is 0. The summed E-state index contributed by atoms with van der Waals surface area (Å²) in [6.45, 7) is 5.76. The highest BCUT2D eigenvalue weighted by atomic mass is 35.5. The number of halogens is 2. The normalized spacial score (nSPS) is 27.7. The fourth-order valence-corrected chi connectivity index (χ4v) is 2.64. The molecule has 1 aromatic carbocycles. The second kappa shape index (κ2) is 5.25. The molecular weight excluding hydrogens is 271 g/mol. The molecule has 1 fully saturated rings. The van der Waals surface area contributed by atoms with Crippen LogP contribution in [0.4, 0.5) is 5.69 Å². The highest BCUT2D eigenvalue weighted by Crippen LogP contribution is 2.30. The van der Waals surface area contributed by atoms with E-state index in [9.17, 15) is 0 Å². The van der Waals surface area contributed by atoms with Gasteiger partial charge in [0.15, 0.2) is 0 Å². The first-order valence-corrected chi connectivity index (χ1v) is 6.78. The van der Waals surface area contributed by atoms with Crippen molar-refractivity contribution >= 4 is 28.9 Å². The highest BCUT2D eigenvalue weighted by Gasteiger charge is 2.36. The number of benzene rings is 1. The SMILES string of the molecule is CC1OCCC1(C)NCc1cc(Cl)c(N)c(Cl)c1. The summed E-state index contributed by atoms with van der Waals surface area (Å²) in [4.78, 5) is 0. The molecule has 2 rings (SSSR count). The number of nitrogens with two attached hydrogens (primary N) is 1. The lowest BCUT2D eigenvalue weighted by atomic mass is 9.94. The lowest BCUT2D eigenvalue weighted by molar-refractivity contribution is 0.0881. The molecule has 1 aromatic rings. The second-order valence-electron chi connectivity index (χ2n) is 5.01. The smallest absolute Gasteiger partial charge is 0.0726 e. The van der Waals surface area contributed by atoms with Gasteiger partial charge in [0.05, 0.1) is 21.8 Å². The van der Waals surface area contributed by atoms with Gasteiger partial charge in [0.25, 0.3) is 0 Å². The van der Waals surface area contributed by atoms with E-state index in [1.807, 2.05) is 12.1 Å². The Kier molecular flexibility index (Phi) is 4.07. The molecule has 1 heterocycles. The molecule has 18 heavy (non-hydrogen) atoms. The molecule has 0 amide bonds. The quantitative estimate of drug-likeness (QED) is 0.840. The van der Waals surface area contributed by atoms with Gasteiger partial charge in [-0.3, -0.25) is 0 Å². The molecule has 2 unspecified atom stereocenters. The van der Waals surface area contributed by atoms with Gasteiger partial charge in [0.1, 0.15) is 0 Å².